The van der Waals surface area contributed by atoms with Gasteiger partial charge in [0.1, 0.15) is 0 Å². The molecule has 0 aromatic carbocycles. The van der Waals surface area contributed by atoms with Gasteiger partial charge in [-0.1, -0.05) is 0 Å². The van der Waals surface area contributed by atoms with E-state index in [9.17, 15) is 8.78 Å². The smallest absolute Gasteiger partial charge is 0.207 e. The minimum atomic E-state index is -2.48. The molecular weight excluding hydrogens is 172 g/mol. The first kappa shape index (κ1) is 10.4. The summed E-state index contributed by atoms with van der Waals surface area (Å²) in [5.74, 6) is -2.35. The highest BCUT2D eigenvalue weighted by Crippen LogP contribution is 2.43. The summed E-state index contributed by atoms with van der Waals surface area (Å²) in [5.41, 5.74) is -0.448. The lowest BCUT2D eigenvalue weighted by Gasteiger charge is -2.34. The zero-order valence-corrected chi connectivity index (χ0v) is 8.11. The highest BCUT2D eigenvalue weighted by Gasteiger charge is 2.40. The zero-order chi connectivity index (χ0) is 10.1. The Labute approximate surface area is 77.7 Å². The van der Waals surface area contributed by atoms with Gasteiger partial charge in [0.15, 0.2) is 0 Å². The molecule has 0 N–H and O–H groups in total. The first-order chi connectivity index (χ1) is 5.87. The van der Waals surface area contributed by atoms with Crippen LogP contribution in [-0.4, -0.2) is 5.92 Å². The van der Waals surface area contributed by atoms with Crippen molar-refractivity contribution in [3.05, 3.63) is 0 Å². The third kappa shape index (κ3) is 2.40. The number of nitrogens with zero attached hydrogens (tertiary/aromatic N) is 1. The van der Waals surface area contributed by atoms with Crippen molar-refractivity contribution in [3.63, 3.8) is 0 Å². The van der Waals surface area contributed by atoms with Crippen LogP contribution in [0.25, 0.3) is 0 Å². The van der Waals surface area contributed by atoms with Crippen molar-refractivity contribution in [1.29, 1.82) is 5.26 Å². The molecule has 13 heavy (non-hydrogen) atoms. The molecule has 1 nitrogen and oxygen atoms in total. The van der Waals surface area contributed by atoms with Crippen LogP contribution in [0.15, 0.2) is 0 Å². The molecule has 0 unspecified atom stereocenters. The van der Waals surface area contributed by atoms with Gasteiger partial charge in [-0.15, -0.1) is 0 Å². The van der Waals surface area contributed by atoms with Crippen molar-refractivity contribution in [2.24, 2.45) is 11.3 Å². The summed E-state index contributed by atoms with van der Waals surface area (Å²) in [4.78, 5) is 0. The second kappa shape index (κ2) is 3.25. The van der Waals surface area contributed by atoms with Crippen LogP contribution in [0.1, 0.15) is 39.5 Å². The monoisotopic (exact) mass is 187 g/mol. The van der Waals surface area contributed by atoms with Crippen LogP contribution >= 0.6 is 0 Å². The Morgan fingerprint density at radius 2 is 1.77 bits per heavy atom. The number of rotatable bonds is 1. The van der Waals surface area contributed by atoms with Crippen molar-refractivity contribution < 1.29 is 8.78 Å². The topological polar surface area (TPSA) is 23.8 Å². The maximum atomic E-state index is 12.8. The molecule has 1 aliphatic carbocycles. The Morgan fingerprint density at radius 1 is 1.31 bits per heavy atom. The van der Waals surface area contributed by atoms with Crippen LogP contribution in [0.3, 0.4) is 0 Å². The molecule has 1 rings (SSSR count). The van der Waals surface area contributed by atoms with E-state index < -0.39 is 11.3 Å². The fourth-order valence-electron chi connectivity index (χ4n) is 1.85. The molecule has 3 heteroatoms. The van der Waals surface area contributed by atoms with Gasteiger partial charge in [0.05, 0.1) is 11.5 Å². The van der Waals surface area contributed by atoms with Crippen molar-refractivity contribution in [1.82, 2.24) is 0 Å². The minimum absolute atomic E-state index is 0.0528. The molecule has 0 amide bonds. The van der Waals surface area contributed by atoms with Crippen LogP contribution in [0, 0.1) is 22.7 Å². The lowest BCUT2D eigenvalue weighted by atomic mass is 9.71. The van der Waals surface area contributed by atoms with E-state index >= 15 is 0 Å². The Bertz CT molecular complexity index is 218. The van der Waals surface area contributed by atoms with Crippen LogP contribution in [0.2, 0.25) is 0 Å². The maximum absolute atomic E-state index is 12.8. The lowest BCUT2D eigenvalue weighted by molar-refractivity contribution is -0.0551. The van der Waals surface area contributed by atoms with Crippen molar-refractivity contribution in [3.8, 4) is 6.07 Å². The average Bonchev–Trinajstić information content (AvgIpc) is 2.04. The number of hydrogen-bond acceptors (Lipinski definition) is 1. The lowest BCUT2D eigenvalue weighted by Crippen LogP contribution is -2.31. The SMILES string of the molecule is CC(C)(C#N)C1CCC(F)(F)CC1. The quantitative estimate of drug-likeness (QED) is 0.617. The van der Waals surface area contributed by atoms with Gasteiger partial charge in [-0.25, -0.2) is 8.78 Å². The van der Waals surface area contributed by atoms with Gasteiger partial charge in [-0.05, 0) is 32.6 Å². The first-order valence-corrected chi connectivity index (χ1v) is 4.66. The maximum Gasteiger partial charge on any atom is 0.248 e. The fourth-order valence-corrected chi connectivity index (χ4v) is 1.85. The summed E-state index contributed by atoms with van der Waals surface area (Å²) in [5, 5.41) is 8.84. The summed E-state index contributed by atoms with van der Waals surface area (Å²) in [6.45, 7) is 3.67. The van der Waals surface area contributed by atoms with E-state index in [2.05, 4.69) is 6.07 Å². The van der Waals surface area contributed by atoms with E-state index in [0.29, 0.717) is 12.8 Å². The molecule has 0 bridgehead atoms. The van der Waals surface area contributed by atoms with Crippen LogP contribution in [0.4, 0.5) is 8.78 Å². The molecule has 0 radical (unpaired) electrons. The molecule has 0 aromatic heterocycles. The molecule has 1 fully saturated rings. The molecule has 1 saturated carbocycles. The Hall–Kier alpha value is -0.650. The van der Waals surface area contributed by atoms with E-state index in [1.807, 2.05) is 13.8 Å². The van der Waals surface area contributed by atoms with Gasteiger partial charge in [0.25, 0.3) is 0 Å². The molecule has 0 atom stereocenters. The summed E-state index contributed by atoms with van der Waals surface area (Å²) in [6.07, 6.45) is 0.854. The largest absolute Gasteiger partial charge is 0.248 e. The molecule has 0 heterocycles. The van der Waals surface area contributed by atoms with Crippen LogP contribution in [0.5, 0.6) is 0 Å². The number of halogens is 2. The van der Waals surface area contributed by atoms with Gasteiger partial charge < -0.3 is 0 Å². The molecule has 74 valence electrons. The summed E-state index contributed by atoms with van der Waals surface area (Å²) in [7, 11) is 0. The molecular formula is C10H15F2N. The predicted molar refractivity (Wildman–Crippen MR) is 46.3 cm³/mol. The van der Waals surface area contributed by atoms with E-state index in [-0.39, 0.29) is 18.8 Å². The third-order valence-corrected chi connectivity index (χ3v) is 3.03. The van der Waals surface area contributed by atoms with Gasteiger partial charge >= 0.3 is 0 Å². The molecule has 0 aliphatic heterocycles. The highest BCUT2D eigenvalue weighted by molar-refractivity contribution is 4.98. The van der Waals surface area contributed by atoms with Gasteiger partial charge in [0, 0.05) is 12.8 Å². The Morgan fingerprint density at radius 3 is 2.15 bits per heavy atom. The van der Waals surface area contributed by atoms with E-state index in [0.717, 1.165) is 0 Å². The molecule has 0 saturated heterocycles. The normalized spacial score (nSPS) is 23.9. The highest BCUT2D eigenvalue weighted by atomic mass is 19.3. The summed E-state index contributed by atoms with van der Waals surface area (Å²) in [6, 6.07) is 2.19. The van der Waals surface area contributed by atoms with Gasteiger partial charge in [-0.3, -0.25) is 0 Å². The predicted octanol–water partition coefficient (Wildman–Crippen LogP) is 3.36. The molecule has 0 spiro atoms. The molecule has 1 aliphatic rings. The summed E-state index contributed by atoms with van der Waals surface area (Å²) >= 11 is 0. The Balaban J connectivity index is 2.56. The summed E-state index contributed by atoms with van der Waals surface area (Å²) < 4.78 is 25.6. The van der Waals surface area contributed by atoms with Crippen molar-refractivity contribution >= 4 is 0 Å². The number of nitriles is 1. The van der Waals surface area contributed by atoms with Crippen LogP contribution < -0.4 is 0 Å². The Kier molecular flexibility index (Phi) is 2.61. The van der Waals surface area contributed by atoms with Gasteiger partial charge in [-0.2, -0.15) is 5.26 Å². The first-order valence-electron chi connectivity index (χ1n) is 4.66. The molecule has 0 aromatic rings. The average molecular weight is 187 g/mol. The van der Waals surface area contributed by atoms with E-state index in [4.69, 9.17) is 5.26 Å². The number of hydrogen-bond donors (Lipinski definition) is 0. The van der Waals surface area contributed by atoms with E-state index in [1.165, 1.54) is 0 Å². The van der Waals surface area contributed by atoms with Crippen molar-refractivity contribution in [2.45, 2.75) is 45.5 Å². The van der Waals surface area contributed by atoms with Crippen LogP contribution in [-0.2, 0) is 0 Å². The zero-order valence-electron chi connectivity index (χ0n) is 8.11. The second-order valence-corrected chi connectivity index (χ2v) is 4.46. The van der Waals surface area contributed by atoms with Crippen molar-refractivity contribution in [2.75, 3.05) is 0 Å². The fraction of sp³-hybridized carbons (Fsp3) is 0.900. The van der Waals surface area contributed by atoms with Gasteiger partial charge in [0.2, 0.25) is 5.92 Å². The second-order valence-electron chi connectivity index (χ2n) is 4.46. The minimum Gasteiger partial charge on any atom is -0.207 e. The number of alkyl halides is 2. The van der Waals surface area contributed by atoms with E-state index in [1.54, 1.807) is 0 Å². The standard InChI is InChI=1S/C10H15F2N/c1-9(2,7-13)8-3-5-10(11,12)6-4-8/h8H,3-6H2,1-2H3. The third-order valence-electron chi connectivity index (χ3n) is 3.03.